The average Bonchev–Trinajstić information content (AvgIpc) is 3.02. The van der Waals surface area contributed by atoms with Crippen molar-refractivity contribution in [2.75, 3.05) is 20.3 Å². The molecule has 1 aliphatic carbocycles. The van der Waals surface area contributed by atoms with Crippen molar-refractivity contribution in [3.8, 4) is 0 Å². The first-order valence-electron chi connectivity index (χ1n) is 8.58. The van der Waals surface area contributed by atoms with Crippen LogP contribution < -0.4 is 5.32 Å². The van der Waals surface area contributed by atoms with E-state index in [1.54, 1.807) is 7.11 Å². The first-order valence-corrected chi connectivity index (χ1v) is 8.58. The van der Waals surface area contributed by atoms with Crippen molar-refractivity contribution >= 4 is 5.91 Å². The summed E-state index contributed by atoms with van der Waals surface area (Å²) in [5, 5.41) is 3.65. The average molecular weight is 296 g/mol. The molecule has 4 heteroatoms. The van der Waals surface area contributed by atoms with Crippen LogP contribution in [-0.2, 0) is 9.53 Å². The first-order chi connectivity index (χ1) is 10.0. The number of hydrogen-bond donors (Lipinski definition) is 1. The quantitative estimate of drug-likeness (QED) is 0.785. The lowest BCUT2D eigenvalue weighted by Crippen LogP contribution is -2.44. The zero-order valence-corrected chi connectivity index (χ0v) is 14.1. The lowest BCUT2D eigenvalue weighted by atomic mass is 10.0. The molecule has 122 valence electrons. The van der Waals surface area contributed by atoms with Gasteiger partial charge in [-0.1, -0.05) is 33.6 Å². The Morgan fingerprint density at radius 1 is 1.29 bits per heavy atom. The standard InChI is InChI=1S/C17H32N2O2/c1-12(2)9-15-17(20)19(10-13(3)11-21-4)16(18-15)14-7-5-6-8-14/h12-16,18H,5-11H2,1-4H3. The molecule has 1 heterocycles. The Hall–Kier alpha value is -0.610. The van der Waals surface area contributed by atoms with Crippen LogP contribution in [0.2, 0.25) is 0 Å². The monoisotopic (exact) mass is 296 g/mol. The van der Waals surface area contributed by atoms with Crippen LogP contribution in [0.25, 0.3) is 0 Å². The number of ether oxygens (including phenoxy) is 1. The molecule has 0 aromatic rings. The topological polar surface area (TPSA) is 41.6 Å². The van der Waals surface area contributed by atoms with Crippen LogP contribution in [0.4, 0.5) is 0 Å². The number of methoxy groups -OCH3 is 1. The minimum absolute atomic E-state index is 0.0188. The van der Waals surface area contributed by atoms with Crippen LogP contribution in [0.5, 0.6) is 0 Å². The fraction of sp³-hybridized carbons (Fsp3) is 0.941. The summed E-state index contributed by atoms with van der Waals surface area (Å²) in [6, 6.07) is 0.0188. The first kappa shape index (κ1) is 16.8. The van der Waals surface area contributed by atoms with E-state index < -0.39 is 0 Å². The van der Waals surface area contributed by atoms with Crippen molar-refractivity contribution in [1.29, 1.82) is 0 Å². The Morgan fingerprint density at radius 3 is 2.52 bits per heavy atom. The van der Waals surface area contributed by atoms with Gasteiger partial charge in [-0.2, -0.15) is 0 Å². The van der Waals surface area contributed by atoms with Crippen molar-refractivity contribution in [2.45, 2.75) is 65.1 Å². The molecular formula is C17H32N2O2. The van der Waals surface area contributed by atoms with Gasteiger partial charge in [0.1, 0.15) is 0 Å². The molecule has 1 saturated carbocycles. The van der Waals surface area contributed by atoms with Crippen LogP contribution in [0, 0.1) is 17.8 Å². The summed E-state index contributed by atoms with van der Waals surface area (Å²) in [4.78, 5) is 14.9. The molecule has 0 bridgehead atoms. The van der Waals surface area contributed by atoms with Crippen molar-refractivity contribution in [3.63, 3.8) is 0 Å². The van der Waals surface area contributed by atoms with Crippen LogP contribution in [-0.4, -0.2) is 43.3 Å². The van der Waals surface area contributed by atoms with Gasteiger partial charge in [-0.25, -0.2) is 0 Å². The molecule has 4 nitrogen and oxygen atoms in total. The normalized spacial score (nSPS) is 28.8. The van der Waals surface area contributed by atoms with Crippen LogP contribution in [0.3, 0.4) is 0 Å². The summed E-state index contributed by atoms with van der Waals surface area (Å²) in [5.41, 5.74) is 0. The van der Waals surface area contributed by atoms with Gasteiger partial charge in [-0.15, -0.1) is 0 Å². The predicted molar refractivity (Wildman–Crippen MR) is 84.9 cm³/mol. The van der Waals surface area contributed by atoms with Gasteiger partial charge in [-0.05, 0) is 37.0 Å². The maximum absolute atomic E-state index is 12.8. The highest BCUT2D eigenvalue weighted by Crippen LogP contribution is 2.33. The maximum Gasteiger partial charge on any atom is 0.241 e. The molecule has 3 unspecified atom stereocenters. The third-order valence-electron chi connectivity index (χ3n) is 4.80. The molecule has 2 aliphatic rings. The van der Waals surface area contributed by atoms with E-state index in [1.165, 1.54) is 25.7 Å². The zero-order valence-electron chi connectivity index (χ0n) is 14.1. The Labute approximate surface area is 129 Å². The molecule has 1 aliphatic heterocycles. The second-order valence-electron chi connectivity index (χ2n) is 7.39. The van der Waals surface area contributed by atoms with Crippen molar-refractivity contribution < 1.29 is 9.53 Å². The van der Waals surface area contributed by atoms with E-state index in [0.29, 0.717) is 23.7 Å². The van der Waals surface area contributed by atoms with E-state index in [1.807, 2.05) is 0 Å². The summed E-state index contributed by atoms with van der Waals surface area (Å²) in [7, 11) is 1.73. The van der Waals surface area contributed by atoms with Gasteiger partial charge in [0, 0.05) is 13.7 Å². The molecule has 1 saturated heterocycles. The Bertz CT molecular complexity index is 340. The molecular weight excluding hydrogens is 264 g/mol. The molecule has 0 radical (unpaired) electrons. The summed E-state index contributed by atoms with van der Waals surface area (Å²) in [5.74, 6) is 1.89. The molecule has 0 spiro atoms. The van der Waals surface area contributed by atoms with Crippen LogP contribution >= 0.6 is 0 Å². The molecule has 2 fully saturated rings. The van der Waals surface area contributed by atoms with Crippen molar-refractivity contribution in [1.82, 2.24) is 10.2 Å². The van der Waals surface area contributed by atoms with Crippen LogP contribution in [0.15, 0.2) is 0 Å². The smallest absolute Gasteiger partial charge is 0.241 e. The number of rotatable bonds is 7. The largest absolute Gasteiger partial charge is 0.384 e. The number of carbonyl (C=O) groups excluding carboxylic acids is 1. The maximum atomic E-state index is 12.8. The van der Waals surface area contributed by atoms with E-state index in [-0.39, 0.29) is 12.2 Å². The molecule has 21 heavy (non-hydrogen) atoms. The van der Waals surface area contributed by atoms with E-state index in [9.17, 15) is 4.79 Å². The number of amides is 1. The number of nitrogens with one attached hydrogen (secondary N) is 1. The highest BCUT2D eigenvalue weighted by atomic mass is 16.5. The molecule has 2 rings (SSSR count). The molecule has 0 aromatic heterocycles. The number of hydrogen-bond acceptors (Lipinski definition) is 3. The van der Waals surface area contributed by atoms with Crippen molar-refractivity contribution in [2.24, 2.45) is 17.8 Å². The Balaban J connectivity index is 2.05. The highest BCUT2D eigenvalue weighted by molar-refractivity contribution is 5.84. The summed E-state index contributed by atoms with van der Waals surface area (Å²) in [6.07, 6.45) is 6.34. The SMILES string of the molecule is COCC(C)CN1C(=O)C(CC(C)C)NC1C1CCCC1. The fourth-order valence-electron chi connectivity index (χ4n) is 3.89. The van der Waals surface area contributed by atoms with E-state index in [0.717, 1.165) is 19.6 Å². The van der Waals surface area contributed by atoms with Gasteiger partial charge < -0.3 is 9.64 Å². The van der Waals surface area contributed by atoms with Crippen LogP contribution in [0.1, 0.15) is 52.9 Å². The molecule has 0 aromatic carbocycles. The van der Waals surface area contributed by atoms with E-state index >= 15 is 0 Å². The fourth-order valence-corrected chi connectivity index (χ4v) is 3.89. The minimum Gasteiger partial charge on any atom is -0.384 e. The van der Waals surface area contributed by atoms with Gasteiger partial charge in [-0.3, -0.25) is 10.1 Å². The molecule has 3 atom stereocenters. The predicted octanol–water partition coefficient (Wildman–Crippen LogP) is 2.63. The van der Waals surface area contributed by atoms with E-state index in [4.69, 9.17) is 4.74 Å². The summed E-state index contributed by atoms with van der Waals surface area (Å²) >= 11 is 0. The van der Waals surface area contributed by atoms with Crippen molar-refractivity contribution in [3.05, 3.63) is 0 Å². The third kappa shape index (κ3) is 4.19. The second kappa shape index (κ2) is 7.59. The minimum atomic E-state index is 0.0188. The molecule has 1 amide bonds. The Morgan fingerprint density at radius 2 is 1.95 bits per heavy atom. The van der Waals surface area contributed by atoms with Gasteiger partial charge in [0.15, 0.2) is 0 Å². The Kier molecular flexibility index (Phi) is 6.06. The second-order valence-corrected chi connectivity index (χ2v) is 7.39. The summed E-state index contributed by atoms with van der Waals surface area (Å²) < 4.78 is 5.24. The highest BCUT2D eigenvalue weighted by Gasteiger charge is 2.43. The lowest BCUT2D eigenvalue weighted by Gasteiger charge is -2.31. The third-order valence-corrected chi connectivity index (χ3v) is 4.80. The summed E-state index contributed by atoms with van der Waals surface area (Å²) in [6.45, 7) is 8.08. The van der Waals surface area contributed by atoms with Gasteiger partial charge in [0.25, 0.3) is 0 Å². The van der Waals surface area contributed by atoms with E-state index in [2.05, 4.69) is 31.0 Å². The van der Waals surface area contributed by atoms with Gasteiger partial charge in [0.05, 0.1) is 18.8 Å². The molecule has 1 N–H and O–H groups in total. The van der Waals surface area contributed by atoms with Gasteiger partial charge >= 0.3 is 0 Å². The van der Waals surface area contributed by atoms with Gasteiger partial charge in [0.2, 0.25) is 5.91 Å². The zero-order chi connectivity index (χ0) is 15.4. The lowest BCUT2D eigenvalue weighted by molar-refractivity contribution is -0.131. The number of carbonyl (C=O) groups is 1. The number of nitrogens with zero attached hydrogens (tertiary/aromatic N) is 1.